The van der Waals surface area contributed by atoms with Crippen molar-refractivity contribution in [2.45, 2.75) is 39.8 Å². The molecule has 19 heavy (non-hydrogen) atoms. The third-order valence-electron chi connectivity index (χ3n) is 3.49. The highest BCUT2D eigenvalue weighted by molar-refractivity contribution is 9.10. The topological polar surface area (TPSA) is 30.5 Å². The van der Waals surface area contributed by atoms with Gasteiger partial charge in [-0.15, -0.1) is 0 Å². The Morgan fingerprint density at radius 2 is 1.95 bits per heavy atom. The lowest BCUT2D eigenvalue weighted by Gasteiger charge is -2.18. The molecule has 1 aromatic carbocycles. The molecule has 1 heterocycles. The van der Waals surface area contributed by atoms with Gasteiger partial charge in [0.15, 0.2) is 11.5 Å². The van der Waals surface area contributed by atoms with Crippen molar-refractivity contribution in [3.63, 3.8) is 0 Å². The van der Waals surface area contributed by atoms with E-state index < -0.39 is 0 Å². The normalized spacial score (nSPS) is 16.3. The quantitative estimate of drug-likeness (QED) is 0.913. The second-order valence-corrected chi connectivity index (χ2v) is 6.22. The SMILES string of the molecule is CC(C)C(C)NCc1cc(Br)c2c(c1)OCCCO2. The lowest BCUT2D eigenvalue weighted by Crippen LogP contribution is -2.30. The van der Waals surface area contributed by atoms with Crippen molar-refractivity contribution in [2.24, 2.45) is 5.92 Å². The predicted molar refractivity (Wildman–Crippen MR) is 80.9 cm³/mol. The molecule has 1 atom stereocenters. The van der Waals surface area contributed by atoms with Crippen LogP contribution in [0.3, 0.4) is 0 Å². The zero-order valence-electron chi connectivity index (χ0n) is 11.8. The van der Waals surface area contributed by atoms with Crippen molar-refractivity contribution in [1.82, 2.24) is 5.32 Å². The van der Waals surface area contributed by atoms with Gasteiger partial charge in [0.1, 0.15) is 0 Å². The number of hydrogen-bond acceptors (Lipinski definition) is 3. The van der Waals surface area contributed by atoms with Crippen molar-refractivity contribution < 1.29 is 9.47 Å². The maximum atomic E-state index is 5.74. The molecule has 3 nitrogen and oxygen atoms in total. The molecule has 0 spiro atoms. The standard InChI is InChI=1S/C15H22BrNO2/c1-10(2)11(3)17-9-12-7-13(16)15-14(8-12)18-5-4-6-19-15/h7-8,10-11,17H,4-6,9H2,1-3H3. The third-order valence-corrected chi connectivity index (χ3v) is 4.08. The van der Waals surface area contributed by atoms with E-state index in [0.717, 1.165) is 35.5 Å². The summed E-state index contributed by atoms with van der Waals surface area (Å²) in [5.41, 5.74) is 1.21. The first kappa shape index (κ1) is 14.7. The molecule has 0 bridgehead atoms. The van der Waals surface area contributed by atoms with Gasteiger partial charge in [0.25, 0.3) is 0 Å². The average molecular weight is 328 g/mol. The Kier molecular flexibility index (Phi) is 5.11. The van der Waals surface area contributed by atoms with Crippen LogP contribution in [0, 0.1) is 5.92 Å². The second kappa shape index (κ2) is 6.62. The van der Waals surface area contributed by atoms with Crippen molar-refractivity contribution >= 4 is 15.9 Å². The Morgan fingerprint density at radius 1 is 1.21 bits per heavy atom. The fourth-order valence-corrected chi connectivity index (χ4v) is 2.50. The molecule has 0 fully saturated rings. The minimum absolute atomic E-state index is 0.495. The van der Waals surface area contributed by atoms with Gasteiger partial charge in [-0.05, 0) is 46.5 Å². The molecule has 0 amide bonds. The van der Waals surface area contributed by atoms with Crippen LogP contribution in [-0.4, -0.2) is 19.3 Å². The number of rotatable bonds is 4. The second-order valence-electron chi connectivity index (χ2n) is 5.37. The lowest BCUT2D eigenvalue weighted by atomic mass is 10.1. The van der Waals surface area contributed by atoms with E-state index >= 15 is 0 Å². The molecule has 0 aromatic heterocycles. The zero-order chi connectivity index (χ0) is 13.8. The molecule has 1 aliphatic heterocycles. The van der Waals surface area contributed by atoms with Crippen LogP contribution in [-0.2, 0) is 6.54 Å². The monoisotopic (exact) mass is 327 g/mol. The fourth-order valence-electron chi connectivity index (χ4n) is 1.90. The Hall–Kier alpha value is -0.740. The van der Waals surface area contributed by atoms with E-state index in [4.69, 9.17) is 9.47 Å². The minimum Gasteiger partial charge on any atom is -0.490 e. The average Bonchev–Trinajstić information content (AvgIpc) is 2.61. The van der Waals surface area contributed by atoms with Gasteiger partial charge in [0.2, 0.25) is 0 Å². The van der Waals surface area contributed by atoms with Crippen LogP contribution in [0.1, 0.15) is 32.8 Å². The van der Waals surface area contributed by atoms with E-state index in [2.05, 4.69) is 54.2 Å². The van der Waals surface area contributed by atoms with Crippen molar-refractivity contribution in [3.05, 3.63) is 22.2 Å². The van der Waals surface area contributed by atoms with Crippen LogP contribution in [0.5, 0.6) is 11.5 Å². The molecular weight excluding hydrogens is 306 g/mol. The highest BCUT2D eigenvalue weighted by Gasteiger charge is 2.15. The molecule has 1 aliphatic rings. The highest BCUT2D eigenvalue weighted by Crippen LogP contribution is 2.38. The molecular formula is C15H22BrNO2. The smallest absolute Gasteiger partial charge is 0.175 e. The summed E-state index contributed by atoms with van der Waals surface area (Å²) >= 11 is 3.57. The van der Waals surface area contributed by atoms with Gasteiger partial charge in [-0.1, -0.05) is 13.8 Å². The van der Waals surface area contributed by atoms with Gasteiger partial charge in [0.05, 0.1) is 17.7 Å². The Morgan fingerprint density at radius 3 is 2.68 bits per heavy atom. The zero-order valence-corrected chi connectivity index (χ0v) is 13.4. The van der Waals surface area contributed by atoms with Gasteiger partial charge in [-0.2, -0.15) is 0 Å². The van der Waals surface area contributed by atoms with Crippen molar-refractivity contribution in [2.75, 3.05) is 13.2 Å². The van der Waals surface area contributed by atoms with Crippen LogP contribution in [0.25, 0.3) is 0 Å². The summed E-state index contributed by atoms with van der Waals surface area (Å²) in [6.07, 6.45) is 0.930. The van der Waals surface area contributed by atoms with E-state index in [9.17, 15) is 0 Å². The van der Waals surface area contributed by atoms with E-state index in [0.29, 0.717) is 18.6 Å². The van der Waals surface area contributed by atoms with Crippen LogP contribution in [0.4, 0.5) is 0 Å². The third kappa shape index (κ3) is 3.86. The van der Waals surface area contributed by atoms with Gasteiger partial charge in [-0.3, -0.25) is 0 Å². The summed E-state index contributed by atoms with van der Waals surface area (Å²) in [6, 6.07) is 4.67. The van der Waals surface area contributed by atoms with Gasteiger partial charge < -0.3 is 14.8 Å². The fraction of sp³-hybridized carbons (Fsp3) is 0.600. The summed E-state index contributed by atoms with van der Waals surface area (Å²) in [4.78, 5) is 0. The molecule has 4 heteroatoms. The Labute approximate surface area is 123 Å². The first-order chi connectivity index (χ1) is 9.08. The molecule has 1 aromatic rings. The summed E-state index contributed by atoms with van der Waals surface area (Å²) in [7, 11) is 0. The molecule has 0 aliphatic carbocycles. The summed E-state index contributed by atoms with van der Waals surface area (Å²) < 4.78 is 12.4. The molecule has 106 valence electrons. The maximum absolute atomic E-state index is 5.74. The van der Waals surface area contributed by atoms with Crippen LogP contribution < -0.4 is 14.8 Å². The Balaban J connectivity index is 2.10. The van der Waals surface area contributed by atoms with Crippen molar-refractivity contribution in [1.29, 1.82) is 0 Å². The van der Waals surface area contributed by atoms with E-state index in [1.807, 2.05) is 0 Å². The van der Waals surface area contributed by atoms with Crippen LogP contribution in [0.2, 0.25) is 0 Å². The maximum Gasteiger partial charge on any atom is 0.175 e. The molecule has 2 rings (SSSR count). The molecule has 0 saturated heterocycles. The van der Waals surface area contributed by atoms with E-state index in [-0.39, 0.29) is 0 Å². The molecule has 0 saturated carbocycles. The first-order valence-corrected chi connectivity index (χ1v) is 7.68. The van der Waals surface area contributed by atoms with Crippen LogP contribution >= 0.6 is 15.9 Å². The van der Waals surface area contributed by atoms with Gasteiger partial charge in [-0.25, -0.2) is 0 Å². The Bertz CT molecular complexity index is 434. The number of fused-ring (bicyclic) bond motifs is 1. The minimum atomic E-state index is 0.495. The largest absolute Gasteiger partial charge is 0.490 e. The van der Waals surface area contributed by atoms with Gasteiger partial charge in [0, 0.05) is 19.0 Å². The summed E-state index contributed by atoms with van der Waals surface area (Å²) in [5, 5.41) is 3.53. The van der Waals surface area contributed by atoms with E-state index in [1.54, 1.807) is 0 Å². The number of nitrogens with one attached hydrogen (secondary N) is 1. The number of benzene rings is 1. The summed E-state index contributed by atoms with van der Waals surface area (Å²) in [5.74, 6) is 2.31. The first-order valence-electron chi connectivity index (χ1n) is 6.89. The van der Waals surface area contributed by atoms with Gasteiger partial charge >= 0.3 is 0 Å². The van der Waals surface area contributed by atoms with E-state index in [1.165, 1.54) is 5.56 Å². The number of halogens is 1. The predicted octanol–water partition coefficient (Wildman–Crippen LogP) is 3.74. The number of hydrogen-bond donors (Lipinski definition) is 1. The van der Waals surface area contributed by atoms with Crippen LogP contribution in [0.15, 0.2) is 16.6 Å². The number of ether oxygens (including phenoxy) is 2. The molecule has 1 N–H and O–H groups in total. The molecule has 1 unspecified atom stereocenters. The molecule has 0 radical (unpaired) electrons. The van der Waals surface area contributed by atoms with Crippen molar-refractivity contribution in [3.8, 4) is 11.5 Å². The highest BCUT2D eigenvalue weighted by atomic mass is 79.9. The summed E-state index contributed by atoms with van der Waals surface area (Å²) in [6.45, 7) is 8.94. The lowest BCUT2D eigenvalue weighted by molar-refractivity contribution is 0.296.